The second-order valence-corrected chi connectivity index (χ2v) is 9.25. The molecule has 1 unspecified atom stereocenters. The van der Waals surface area contributed by atoms with Gasteiger partial charge in [-0.05, 0) is 66.3 Å². The minimum Gasteiger partial charge on any atom is -0.489 e. The predicted octanol–water partition coefficient (Wildman–Crippen LogP) is 7.35. The van der Waals surface area contributed by atoms with Crippen LogP contribution in [0.3, 0.4) is 0 Å². The average molecular weight is 457 g/mol. The highest BCUT2D eigenvalue weighted by molar-refractivity contribution is 7.22. The smallest absolute Gasteiger partial charge is 0.250 e. The standard InChI is InChI=1S/C28H28N2O2S/c1-4-20(3)23-12-15-25-26(17-23)33-28(29-25)30-27(31)16-11-21-9-13-24(14-10-21)32-18-22-7-5-19(2)6-8-22/h5-17,20H,4,18H2,1-3H3,(H,29,30,31)/b16-11+. The Morgan fingerprint density at radius 1 is 1.09 bits per heavy atom. The maximum Gasteiger partial charge on any atom is 0.250 e. The zero-order valence-corrected chi connectivity index (χ0v) is 20.0. The van der Waals surface area contributed by atoms with E-state index in [0.717, 1.165) is 33.5 Å². The van der Waals surface area contributed by atoms with Gasteiger partial charge >= 0.3 is 0 Å². The highest BCUT2D eigenvalue weighted by atomic mass is 32.1. The Morgan fingerprint density at radius 2 is 1.85 bits per heavy atom. The van der Waals surface area contributed by atoms with Crippen LogP contribution in [0.2, 0.25) is 0 Å². The van der Waals surface area contributed by atoms with E-state index < -0.39 is 0 Å². The third-order valence-electron chi connectivity index (χ3n) is 5.66. The molecular formula is C28H28N2O2S. The number of hydrogen-bond donors (Lipinski definition) is 1. The second kappa shape index (κ2) is 10.5. The Kier molecular flexibility index (Phi) is 7.20. The number of carbonyl (C=O) groups is 1. The second-order valence-electron chi connectivity index (χ2n) is 8.22. The SMILES string of the molecule is CCC(C)c1ccc2nc(NC(=O)/C=C/c3ccc(OCc4ccc(C)cc4)cc3)sc2c1. The number of benzene rings is 3. The van der Waals surface area contributed by atoms with Crippen LogP contribution in [0.5, 0.6) is 5.75 Å². The lowest BCUT2D eigenvalue weighted by Crippen LogP contribution is -2.07. The number of aromatic nitrogens is 1. The van der Waals surface area contributed by atoms with Crippen LogP contribution in [-0.4, -0.2) is 10.9 Å². The third kappa shape index (κ3) is 6.08. The largest absolute Gasteiger partial charge is 0.489 e. The molecule has 4 rings (SSSR count). The molecule has 0 aliphatic carbocycles. The zero-order chi connectivity index (χ0) is 23.2. The van der Waals surface area contributed by atoms with Crippen LogP contribution in [0.1, 0.15) is 48.4 Å². The van der Waals surface area contributed by atoms with Crippen LogP contribution in [0, 0.1) is 6.92 Å². The van der Waals surface area contributed by atoms with E-state index in [1.54, 1.807) is 6.08 Å². The van der Waals surface area contributed by atoms with Crippen molar-refractivity contribution in [2.75, 3.05) is 5.32 Å². The number of fused-ring (bicyclic) bond motifs is 1. The van der Waals surface area contributed by atoms with E-state index in [1.807, 2.05) is 30.3 Å². The molecule has 1 N–H and O–H groups in total. The van der Waals surface area contributed by atoms with Crippen LogP contribution in [0.4, 0.5) is 5.13 Å². The Morgan fingerprint density at radius 3 is 2.58 bits per heavy atom. The summed E-state index contributed by atoms with van der Waals surface area (Å²) >= 11 is 1.50. The van der Waals surface area contributed by atoms with Gasteiger partial charge in [0.15, 0.2) is 5.13 Å². The Bertz CT molecular complexity index is 1260. The van der Waals surface area contributed by atoms with Crippen molar-refractivity contribution in [2.45, 2.75) is 39.7 Å². The molecule has 0 fully saturated rings. The highest BCUT2D eigenvalue weighted by Crippen LogP contribution is 2.30. The lowest BCUT2D eigenvalue weighted by molar-refractivity contribution is -0.111. The maximum absolute atomic E-state index is 12.4. The molecule has 168 valence electrons. The Balaban J connectivity index is 1.33. The number of thiazole rings is 1. The number of aryl methyl sites for hydroxylation is 1. The molecule has 0 aliphatic heterocycles. The fraction of sp³-hybridized carbons (Fsp3) is 0.214. The van der Waals surface area contributed by atoms with Gasteiger partial charge in [-0.1, -0.05) is 73.2 Å². The van der Waals surface area contributed by atoms with E-state index in [4.69, 9.17) is 4.74 Å². The van der Waals surface area contributed by atoms with E-state index in [1.165, 1.54) is 28.5 Å². The average Bonchev–Trinajstić information content (AvgIpc) is 3.24. The lowest BCUT2D eigenvalue weighted by Gasteiger charge is -2.07. The van der Waals surface area contributed by atoms with Gasteiger partial charge in [0.1, 0.15) is 12.4 Å². The number of anilines is 1. The predicted molar refractivity (Wildman–Crippen MR) is 138 cm³/mol. The van der Waals surface area contributed by atoms with Crippen LogP contribution in [0.15, 0.2) is 72.8 Å². The van der Waals surface area contributed by atoms with Gasteiger partial charge in [0.2, 0.25) is 5.91 Å². The molecule has 0 spiro atoms. The minimum atomic E-state index is -0.198. The first-order valence-corrected chi connectivity index (χ1v) is 12.0. The lowest BCUT2D eigenvalue weighted by atomic mass is 9.99. The van der Waals surface area contributed by atoms with E-state index in [-0.39, 0.29) is 5.91 Å². The van der Waals surface area contributed by atoms with Gasteiger partial charge in [0.25, 0.3) is 0 Å². The van der Waals surface area contributed by atoms with Crippen molar-refractivity contribution >= 4 is 38.7 Å². The van der Waals surface area contributed by atoms with Crippen molar-refractivity contribution < 1.29 is 9.53 Å². The molecule has 0 radical (unpaired) electrons. The van der Waals surface area contributed by atoms with Crippen LogP contribution < -0.4 is 10.1 Å². The maximum atomic E-state index is 12.4. The monoisotopic (exact) mass is 456 g/mol. The van der Waals surface area contributed by atoms with Crippen molar-refractivity contribution in [1.82, 2.24) is 4.98 Å². The van der Waals surface area contributed by atoms with Gasteiger partial charge < -0.3 is 4.74 Å². The molecule has 4 aromatic rings. The van der Waals surface area contributed by atoms with E-state index in [2.05, 4.69) is 67.5 Å². The first-order valence-electron chi connectivity index (χ1n) is 11.2. The van der Waals surface area contributed by atoms with Crippen molar-refractivity contribution in [3.05, 3.63) is 95.1 Å². The molecule has 5 heteroatoms. The summed E-state index contributed by atoms with van der Waals surface area (Å²) in [4.78, 5) is 16.9. The molecule has 0 aliphatic rings. The normalized spacial score (nSPS) is 12.2. The van der Waals surface area contributed by atoms with Gasteiger partial charge in [-0.25, -0.2) is 4.98 Å². The number of ether oxygens (including phenoxy) is 1. The number of rotatable bonds is 8. The van der Waals surface area contributed by atoms with Crippen LogP contribution in [-0.2, 0) is 11.4 Å². The molecular weight excluding hydrogens is 428 g/mol. The highest BCUT2D eigenvalue weighted by Gasteiger charge is 2.09. The Labute approximate surface area is 199 Å². The molecule has 1 aromatic heterocycles. The summed E-state index contributed by atoms with van der Waals surface area (Å²) in [6.45, 7) is 7.00. The summed E-state index contributed by atoms with van der Waals surface area (Å²) in [5.74, 6) is 1.11. The Hall–Kier alpha value is -3.44. The topological polar surface area (TPSA) is 51.2 Å². The number of nitrogens with one attached hydrogen (secondary N) is 1. The fourth-order valence-corrected chi connectivity index (χ4v) is 4.30. The zero-order valence-electron chi connectivity index (χ0n) is 19.2. The summed E-state index contributed by atoms with van der Waals surface area (Å²) in [7, 11) is 0. The van der Waals surface area contributed by atoms with Crippen LogP contribution in [0.25, 0.3) is 16.3 Å². The fourth-order valence-electron chi connectivity index (χ4n) is 3.38. The van der Waals surface area contributed by atoms with Gasteiger partial charge in [0.05, 0.1) is 10.2 Å². The van der Waals surface area contributed by atoms with Crippen molar-refractivity contribution in [3.63, 3.8) is 0 Å². The van der Waals surface area contributed by atoms with Gasteiger partial charge in [-0.2, -0.15) is 0 Å². The third-order valence-corrected chi connectivity index (χ3v) is 6.59. The van der Waals surface area contributed by atoms with Crippen molar-refractivity contribution in [2.24, 2.45) is 0 Å². The molecule has 0 bridgehead atoms. The quantitative estimate of drug-likeness (QED) is 0.282. The number of amides is 1. The summed E-state index contributed by atoms with van der Waals surface area (Å²) in [5.41, 5.74) is 5.51. The molecule has 3 aromatic carbocycles. The molecule has 1 atom stereocenters. The number of hydrogen-bond acceptors (Lipinski definition) is 4. The number of nitrogens with zero attached hydrogens (tertiary/aromatic N) is 1. The van der Waals surface area contributed by atoms with Crippen molar-refractivity contribution in [3.8, 4) is 5.75 Å². The van der Waals surface area contributed by atoms with Crippen LogP contribution >= 0.6 is 11.3 Å². The molecule has 0 saturated heterocycles. The summed E-state index contributed by atoms with van der Waals surface area (Å²) in [6.07, 6.45) is 4.41. The van der Waals surface area contributed by atoms with Gasteiger partial charge in [-0.15, -0.1) is 0 Å². The minimum absolute atomic E-state index is 0.198. The van der Waals surface area contributed by atoms with E-state index in [9.17, 15) is 4.79 Å². The van der Waals surface area contributed by atoms with E-state index in [0.29, 0.717) is 17.7 Å². The molecule has 33 heavy (non-hydrogen) atoms. The molecule has 0 saturated carbocycles. The van der Waals surface area contributed by atoms with E-state index >= 15 is 0 Å². The summed E-state index contributed by atoms with van der Waals surface area (Å²) < 4.78 is 6.93. The molecule has 1 amide bonds. The van der Waals surface area contributed by atoms with Crippen molar-refractivity contribution in [1.29, 1.82) is 0 Å². The first kappa shape index (κ1) is 22.7. The molecule has 1 heterocycles. The summed E-state index contributed by atoms with van der Waals surface area (Å²) in [6, 6.07) is 22.3. The molecule has 4 nitrogen and oxygen atoms in total. The first-order chi connectivity index (χ1) is 16.0. The van der Waals surface area contributed by atoms with Gasteiger partial charge in [0, 0.05) is 6.08 Å². The number of carbonyl (C=O) groups excluding carboxylic acids is 1. The van der Waals surface area contributed by atoms with Gasteiger partial charge in [-0.3, -0.25) is 10.1 Å². The summed E-state index contributed by atoms with van der Waals surface area (Å²) in [5, 5.41) is 3.49.